The Balaban J connectivity index is 0.00000361. The smallest absolute Gasteiger partial charge is 0.191 e. The van der Waals surface area contributed by atoms with Crippen LogP contribution in [0, 0.1) is 0 Å². The average Bonchev–Trinajstić information content (AvgIpc) is 2.46. The Kier molecular flexibility index (Phi) is 11.2. The van der Waals surface area contributed by atoms with Gasteiger partial charge in [0.1, 0.15) is 5.75 Å². The van der Waals surface area contributed by atoms with E-state index >= 15 is 0 Å². The number of halogens is 1. The first-order valence-electron chi connectivity index (χ1n) is 6.37. The van der Waals surface area contributed by atoms with E-state index in [0.29, 0.717) is 6.61 Å². The summed E-state index contributed by atoms with van der Waals surface area (Å²) in [4.78, 5) is 4.14. The summed E-state index contributed by atoms with van der Waals surface area (Å²) in [6, 6.07) is 8.03. The van der Waals surface area contributed by atoms with E-state index in [2.05, 4.69) is 21.7 Å². The molecule has 6 heteroatoms. The molecule has 0 spiro atoms. The minimum atomic E-state index is 0. The zero-order valence-corrected chi connectivity index (χ0v) is 14.6. The largest absolute Gasteiger partial charge is 0.496 e. The van der Waals surface area contributed by atoms with E-state index in [1.165, 1.54) is 5.56 Å². The van der Waals surface area contributed by atoms with Crippen molar-refractivity contribution in [1.29, 1.82) is 0 Å². The number of hydrogen-bond acceptors (Lipinski definition) is 3. The lowest BCUT2D eigenvalue weighted by atomic mass is 10.1. The molecule has 20 heavy (non-hydrogen) atoms. The van der Waals surface area contributed by atoms with Crippen LogP contribution in [0.1, 0.15) is 5.56 Å². The first-order chi connectivity index (χ1) is 9.31. The van der Waals surface area contributed by atoms with Crippen LogP contribution in [0.25, 0.3) is 0 Å². The van der Waals surface area contributed by atoms with Crippen LogP contribution in [-0.2, 0) is 11.2 Å². The van der Waals surface area contributed by atoms with E-state index in [4.69, 9.17) is 9.47 Å². The van der Waals surface area contributed by atoms with Gasteiger partial charge >= 0.3 is 0 Å². The third-order valence-electron chi connectivity index (χ3n) is 2.70. The van der Waals surface area contributed by atoms with Crippen LogP contribution in [0.2, 0.25) is 0 Å². The maximum absolute atomic E-state index is 5.32. The quantitative estimate of drug-likeness (QED) is 0.320. The Bertz CT molecular complexity index is 400. The zero-order chi connectivity index (χ0) is 13.9. The van der Waals surface area contributed by atoms with Crippen LogP contribution in [0.3, 0.4) is 0 Å². The predicted molar refractivity (Wildman–Crippen MR) is 93.4 cm³/mol. The molecule has 0 aliphatic heterocycles. The third kappa shape index (κ3) is 6.95. The summed E-state index contributed by atoms with van der Waals surface area (Å²) in [5, 5.41) is 6.42. The molecule has 0 radical (unpaired) electrons. The molecule has 0 atom stereocenters. The lowest BCUT2D eigenvalue weighted by molar-refractivity contribution is 0.203. The summed E-state index contributed by atoms with van der Waals surface area (Å²) in [5.74, 6) is 1.71. The number of hydrogen-bond donors (Lipinski definition) is 2. The Morgan fingerprint density at radius 1 is 1.15 bits per heavy atom. The van der Waals surface area contributed by atoms with Crippen LogP contribution >= 0.6 is 24.0 Å². The van der Waals surface area contributed by atoms with Gasteiger partial charge in [0.05, 0.1) is 13.7 Å². The van der Waals surface area contributed by atoms with Crippen molar-refractivity contribution in [3.63, 3.8) is 0 Å². The standard InChI is InChI=1S/C14H23N3O2.HI/c1-15-14(17-10-11-18-2)16-9-8-12-6-4-5-7-13(12)19-3;/h4-7H,8-11H2,1-3H3,(H2,15,16,17);1H. The topological polar surface area (TPSA) is 54.9 Å². The second kappa shape index (κ2) is 11.8. The number of para-hydroxylation sites is 1. The number of ether oxygens (including phenoxy) is 2. The number of benzene rings is 1. The lowest BCUT2D eigenvalue weighted by Crippen LogP contribution is -2.39. The molecule has 1 aromatic rings. The summed E-state index contributed by atoms with van der Waals surface area (Å²) < 4.78 is 10.3. The van der Waals surface area contributed by atoms with E-state index in [1.54, 1.807) is 21.3 Å². The SMILES string of the molecule is CN=C(NCCOC)NCCc1ccccc1OC.I. The van der Waals surface area contributed by atoms with Crippen molar-refractivity contribution in [3.8, 4) is 5.75 Å². The minimum absolute atomic E-state index is 0. The van der Waals surface area contributed by atoms with E-state index < -0.39 is 0 Å². The van der Waals surface area contributed by atoms with Gasteiger partial charge in [-0.3, -0.25) is 4.99 Å². The number of methoxy groups -OCH3 is 2. The van der Waals surface area contributed by atoms with Gasteiger partial charge in [0.2, 0.25) is 0 Å². The van der Waals surface area contributed by atoms with Crippen LogP contribution < -0.4 is 15.4 Å². The fraction of sp³-hybridized carbons (Fsp3) is 0.500. The highest BCUT2D eigenvalue weighted by Gasteiger charge is 2.02. The normalized spacial score (nSPS) is 10.7. The van der Waals surface area contributed by atoms with Crippen LogP contribution in [-0.4, -0.2) is 46.9 Å². The lowest BCUT2D eigenvalue weighted by Gasteiger charge is -2.12. The number of nitrogens with zero attached hydrogens (tertiary/aromatic N) is 1. The summed E-state index contributed by atoms with van der Waals surface area (Å²) in [6.07, 6.45) is 0.884. The summed E-state index contributed by atoms with van der Waals surface area (Å²) in [5.41, 5.74) is 1.19. The molecule has 0 heterocycles. The van der Waals surface area contributed by atoms with Crippen molar-refractivity contribution in [2.45, 2.75) is 6.42 Å². The Labute approximate surface area is 138 Å². The van der Waals surface area contributed by atoms with Crippen molar-refractivity contribution >= 4 is 29.9 Å². The highest BCUT2D eigenvalue weighted by molar-refractivity contribution is 14.0. The van der Waals surface area contributed by atoms with Crippen molar-refractivity contribution in [2.75, 3.05) is 41.0 Å². The van der Waals surface area contributed by atoms with Gasteiger partial charge in [-0.2, -0.15) is 0 Å². The molecule has 0 amide bonds. The molecule has 0 bridgehead atoms. The Hall–Kier alpha value is -1.02. The number of guanidine groups is 1. The average molecular weight is 393 g/mol. The van der Waals surface area contributed by atoms with Gasteiger partial charge in [0.25, 0.3) is 0 Å². The fourth-order valence-electron chi connectivity index (χ4n) is 1.72. The molecule has 0 saturated carbocycles. The zero-order valence-electron chi connectivity index (χ0n) is 12.3. The molecule has 1 aromatic carbocycles. The van der Waals surface area contributed by atoms with Gasteiger partial charge in [0, 0.05) is 27.2 Å². The maximum atomic E-state index is 5.32. The van der Waals surface area contributed by atoms with Gasteiger partial charge in [-0.05, 0) is 18.1 Å². The van der Waals surface area contributed by atoms with E-state index in [0.717, 1.165) is 31.2 Å². The monoisotopic (exact) mass is 393 g/mol. The summed E-state index contributed by atoms with van der Waals surface area (Å²) in [6.45, 7) is 2.20. The van der Waals surface area contributed by atoms with Gasteiger partial charge < -0.3 is 20.1 Å². The minimum Gasteiger partial charge on any atom is -0.496 e. The highest BCUT2D eigenvalue weighted by atomic mass is 127. The van der Waals surface area contributed by atoms with Crippen LogP contribution in [0.5, 0.6) is 5.75 Å². The van der Waals surface area contributed by atoms with Crippen LogP contribution in [0.4, 0.5) is 0 Å². The molecular weight excluding hydrogens is 369 g/mol. The fourth-order valence-corrected chi connectivity index (χ4v) is 1.72. The first-order valence-corrected chi connectivity index (χ1v) is 6.37. The first kappa shape index (κ1) is 19.0. The highest BCUT2D eigenvalue weighted by Crippen LogP contribution is 2.17. The Morgan fingerprint density at radius 2 is 1.85 bits per heavy atom. The molecule has 114 valence electrons. The molecule has 0 aliphatic carbocycles. The van der Waals surface area contributed by atoms with Gasteiger partial charge in [0.15, 0.2) is 5.96 Å². The molecular formula is C14H24IN3O2. The van der Waals surface area contributed by atoms with Gasteiger partial charge in [-0.25, -0.2) is 0 Å². The van der Waals surface area contributed by atoms with Crippen molar-refractivity contribution in [2.24, 2.45) is 4.99 Å². The third-order valence-corrected chi connectivity index (χ3v) is 2.70. The number of rotatable bonds is 7. The van der Waals surface area contributed by atoms with Gasteiger partial charge in [-0.1, -0.05) is 18.2 Å². The van der Waals surface area contributed by atoms with E-state index in [1.807, 2.05) is 18.2 Å². The van der Waals surface area contributed by atoms with Crippen molar-refractivity contribution < 1.29 is 9.47 Å². The summed E-state index contributed by atoms with van der Waals surface area (Å²) in [7, 11) is 5.13. The molecule has 0 unspecified atom stereocenters. The number of nitrogens with one attached hydrogen (secondary N) is 2. The molecule has 0 saturated heterocycles. The number of aliphatic imine (C=N–C) groups is 1. The van der Waals surface area contributed by atoms with E-state index in [9.17, 15) is 0 Å². The summed E-state index contributed by atoms with van der Waals surface area (Å²) >= 11 is 0. The second-order valence-electron chi connectivity index (χ2n) is 3.98. The molecule has 0 fully saturated rings. The molecule has 5 nitrogen and oxygen atoms in total. The van der Waals surface area contributed by atoms with Crippen molar-refractivity contribution in [3.05, 3.63) is 29.8 Å². The van der Waals surface area contributed by atoms with Gasteiger partial charge in [-0.15, -0.1) is 24.0 Å². The molecule has 2 N–H and O–H groups in total. The second-order valence-corrected chi connectivity index (χ2v) is 3.98. The molecule has 0 aromatic heterocycles. The van der Waals surface area contributed by atoms with Crippen LogP contribution in [0.15, 0.2) is 29.3 Å². The van der Waals surface area contributed by atoms with E-state index in [-0.39, 0.29) is 24.0 Å². The Morgan fingerprint density at radius 3 is 2.50 bits per heavy atom. The van der Waals surface area contributed by atoms with Crippen molar-refractivity contribution in [1.82, 2.24) is 10.6 Å². The maximum Gasteiger partial charge on any atom is 0.191 e. The molecule has 0 aliphatic rings. The predicted octanol–water partition coefficient (Wildman–Crippen LogP) is 1.67. The molecule has 1 rings (SSSR count).